The first-order valence-corrected chi connectivity index (χ1v) is 8.88. The fraction of sp³-hybridized carbons (Fsp3) is 0.273. The molecule has 138 valence electrons. The number of nitrogens with one attached hydrogen (secondary N) is 1. The third-order valence-electron chi connectivity index (χ3n) is 4.11. The molecule has 1 aromatic heterocycles. The molecule has 1 N–H and O–H groups in total. The number of aromatic nitrogens is 1. The maximum Gasteiger partial charge on any atom is 0.407 e. The summed E-state index contributed by atoms with van der Waals surface area (Å²) in [6.45, 7) is 6.66. The van der Waals surface area contributed by atoms with Crippen LogP contribution < -0.4 is 5.32 Å². The van der Waals surface area contributed by atoms with E-state index in [1.54, 1.807) is 0 Å². The van der Waals surface area contributed by atoms with Gasteiger partial charge in [-0.1, -0.05) is 30.3 Å². The van der Waals surface area contributed by atoms with Crippen molar-refractivity contribution in [3.63, 3.8) is 0 Å². The molecule has 0 saturated carbocycles. The third-order valence-corrected chi connectivity index (χ3v) is 4.11. The molecule has 5 nitrogen and oxygen atoms in total. The Morgan fingerprint density at radius 1 is 1.11 bits per heavy atom. The molecule has 27 heavy (non-hydrogen) atoms. The van der Waals surface area contributed by atoms with Crippen LogP contribution in [-0.2, 0) is 17.8 Å². The number of hydrogen-bond acceptors (Lipinski definition) is 3. The monoisotopic (exact) mass is 361 g/mol. The quantitative estimate of drug-likeness (QED) is 0.739. The number of carbonyl (C=O) groups excluding carboxylic acids is 1. The number of amides is 1. The molecular formula is C22H23N3O2. The highest BCUT2D eigenvalue weighted by atomic mass is 16.6. The van der Waals surface area contributed by atoms with E-state index in [-0.39, 0.29) is 0 Å². The molecule has 0 spiro atoms. The topological polar surface area (TPSA) is 67.0 Å². The van der Waals surface area contributed by atoms with Crippen molar-refractivity contribution in [2.24, 2.45) is 0 Å². The summed E-state index contributed by atoms with van der Waals surface area (Å²) in [5.41, 5.74) is 3.36. The lowest BCUT2D eigenvalue weighted by molar-refractivity contribution is 0.0523. The SMILES string of the molecule is CC(C)(C)OC(=O)NCc1ccc(Cn2ccc3ccc(C#N)cc32)cc1. The summed E-state index contributed by atoms with van der Waals surface area (Å²) in [5.74, 6) is 0. The van der Waals surface area contributed by atoms with Crippen molar-refractivity contribution in [3.05, 3.63) is 71.4 Å². The first-order chi connectivity index (χ1) is 12.8. The molecule has 0 radical (unpaired) electrons. The van der Waals surface area contributed by atoms with Crippen LogP contribution in [-0.4, -0.2) is 16.3 Å². The van der Waals surface area contributed by atoms with Gasteiger partial charge in [0, 0.05) is 24.8 Å². The van der Waals surface area contributed by atoms with Gasteiger partial charge in [0.1, 0.15) is 5.60 Å². The number of alkyl carbamates (subject to hydrolysis) is 1. The Balaban J connectivity index is 1.64. The van der Waals surface area contributed by atoms with Crippen LogP contribution in [0.3, 0.4) is 0 Å². The van der Waals surface area contributed by atoms with Gasteiger partial charge >= 0.3 is 6.09 Å². The Morgan fingerprint density at radius 2 is 1.81 bits per heavy atom. The van der Waals surface area contributed by atoms with Crippen LogP contribution in [0.1, 0.15) is 37.5 Å². The highest BCUT2D eigenvalue weighted by Gasteiger charge is 2.15. The largest absolute Gasteiger partial charge is 0.444 e. The Morgan fingerprint density at radius 3 is 2.48 bits per heavy atom. The van der Waals surface area contributed by atoms with E-state index in [4.69, 9.17) is 10.00 Å². The Bertz CT molecular complexity index is 989. The summed E-state index contributed by atoms with van der Waals surface area (Å²) < 4.78 is 7.37. The Hall–Kier alpha value is -3.26. The van der Waals surface area contributed by atoms with E-state index in [1.165, 1.54) is 0 Å². The highest BCUT2D eigenvalue weighted by Crippen LogP contribution is 2.19. The first kappa shape index (κ1) is 18.5. The lowest BCUT2D eigenvalue weighted by Crippen LogP contribution is -2.32. The van der Waals surface area contributed by atoms with Gasteiger partial charge in [0.15, 0.2) is 0 Å². The van der Waals surface area contributed by atoms with Crippen LogP contribution in [0.15, 0.2) is 54.7 Å². The predicted molar refractivity (Wildman–Crippen MR) is 105 cm³/mol. The van der Waals surface area contributed by atoms with Gasteiger partial charge in [-0.25, -0.2) is 4.79 Å². The van der Waals surface area contributed by atoms with Gasteiger partial charge < -0.3 is 14.6 Å². The average Bonchev–Trinajstić information content (AvgIpc) is 3.01. The maximum atomic E-state index is 11.7. The number of nitrogens with zero attached hydrogens (tertiary/aromatic N) is 2. The molecule has 0 fully saturated rings. The minimum absolute atomic E-state index is 0.418. The maximum absolute atomic E-state index is 11.7. The predicted octanol–water partition coefficient (Wildman–Crippen LogP) is 4.59. The summed E-state index contributed by atoms with van der Waals surface area (Å²) in [5, 5.41) is 13.0. The van der Waals surface area contributed by atoms with Crippen LogP contribution in [0.25, 0.3) is 10.9 Å². The first-order valence-electron chi connectivity index (χ1n) is 8.88. The van der Waals surface area contributed by atoms with E-state index in [9.17, 15) is 4.79 Å². The number of hydrogen-bond donors (Lipinski definition) is 1. The minimum Gasteiger partial charge on any atom is -0.444 e. The third kappa shape index (κ3) is 4.89. The average molecular weight is 361 g/mol. The molecule has 0 unspecified atom stereocenters. The molecule has 3 rings (SSSR count). The van der Waals surface area contributed by atoms with Crippen LogP contribution in [0.4, 0.5) is 4.79 Å². The van der Waals surface area contributed by atoms with E-state index in [2.05, 4.69) is 22.0 Å². The van der Waals surface area contributed by atoms with Gasteiger partial charge in [-0.2, -0.15) is 5.26 Å². The molecule has 0 aliphatic heterocycles. The second kappa shape index (κ2) is 7.55. The molecule has 0 aliphatic rings. The van der Waals surface area contributed by atoms with Crippen LogP contribution in [0.2, 0.25) is 0 Å². The Kier molecular flexibility index (Phi) is 5.18. The number of fused-ring (bicyclic) bond motifs is 1. The van der Waals surface area contributed by atoms with E-state index >= 15 is 0 Å². The summed E-state index contributed by atoms with van der Waals surface area (Å²) in [7, 11) is 0. The van der Waals surface area contributed by atoms with Crippen molar-refractivity contribution in [2.45, 2.75) is 39.5 Å². The zero-order valence-electron chi connectivity index (χ0n) is 15.8. The van der Waals surface area contributed by atoms with E-state index in [1.807, 2.05) is 69.4 Å². The number of ether oxygens (including phenoxy) is 1. The molecule has 0 atom stereocenters. The summed E-state index contributed by atoms with van der Waals surface area (Å²) >= 11 is 0. The lowest BCUT2D eigenvalue weighted by Gasteiger charge is -2.19. The minimum atomic E-state index is -0.501. The zero-order chi connectivity index (χ0) is 19.4. The van der Waals surface area contributed by atoms with Gasteiger partial charge in [-0.15, -0.1) is 0 Å². The molecule has 5 heteroatoms. The summed E-state index contributed by atoms with van der Waals surface area (Å²) in [4.78, 5) is 11.7. The fourth-order valence-electron chi connectivity index (χ4n) is 2.84. The molecule has 0 aliphatic carbocycles. The molecule has 3 aromatic rings. The van der Waals surface area contributed by atoms with Gasteiger partial charge in [-0.05, 0) is 55.5 Å². The highest BCUT2D eigenvalue weighted by molar-refractivity contribution is 5.81. The normalized spacial score (nSPS) is 11.2. The van der Waals surface area contributed by atoms with Crippen molar-refractivity contribution >= 4 is 17.0 Å². The number of rotatable bonds is 4. The summed E-state index contributed by atoms with van der Waals surface area (Å²) in [6, 6.07) is 18.0. The van der Waals surface area contributed by atoms with E-state index < -0.39 is 11.7 Å². The smallest absolute Gasteiger partial charge is 0.407 e. The standard InChI is InChI=1S/C22H23N3O2/c1-22(2,3)27-21(26)24-14-16-4-6-17(7-5-16)15-25-11-10-19-9-8-18(13-23)12-20(19)25/h4-12H,14-15H2,1-3H3,(H,24,26). The zero-order valence-corrected chi connectivity index (χ0v) is 15.8. The molecular weight excluding hydrogens is 338 g/mol. The lowest BCUT2D eigenvalue weighted by atomic mass is 10.1. The number of benzene rings is 2. The van der Waals surface area contributed by atoms with Crippen molar-refractivity contribution < 1.29 is 9.53 Å². The van der Waals surface area contributed by atoms with Crippen molar-refractivity contribution in [1.29, 1.82) is 5.26 Å². The number of nitriles is 1. The van der Waals surface area contributed by atoms with Gasteiger partial charge in [0.05, 0.1) is 11.6 Å². The van der Waals surface area contributed by atoms with Crippen molar-refractivity contribution in [1.82, 2.24) is 9.88 Å². The number of carbonyl (C=O) groups is 1. The fourth-order valence-corrected chi connectivity index (χ4v) is 2.84. The van der Waals surface area contributed by atoms with Crippen molar-refractivity contribution in [3.8, 4) is 6.07 Å². The summed E-state index contributed by atoms with van der Waals surface area (Å²) in [6.07, 6.45) is 1.61. The van der Waals surface area contributed by atoms with Gasteiger partial charge in [-0.3, -0.25) is 0 Å². The molecule has 1 amide bonds. The van der Waals surface area contributed by atoms with Gasteiger partial charge in [0.25, 0.3) is 0 Å². The molecule has 1 heterocycles. The molecule has 2 aromatic carbocycles. The molecule has 0 saturated heterocycles. The van der Waals surface area contributed by atoms with E-state index in [0.29, 0.717) is 12.1 Å². The second-order valence-corrected chi connectivity index (χ2v) is 7.50. The van der Waals surface area contributed by atoms with Crippen LogP contribution >= 0.6 is 0 Å². The van der Waals surface area contributed by atoms with Crippen LogP contribution in [0, 0.1) is 11.3 Å². The molecule has 0 bridgehead atoms. The van der Waals surface area contributed by atoms with Gasteiger partial charge in [0.2, 0.25) is 0 Å². The van der Waals surface area contributed by atoms with Crippen LogP contribution in [0.5, 0.6) is 0 Å². The second-order valence-electron chi connectivity index (χ2n) is 7.50. The van der Waals surface area contributed by atoms with E-state index in [0.717, 1.165) is 28.6 Å². The Labute approximate surface area is 159 Å². The van der Waals surface area contributed by atoms with Crippen molar-refractivity contribution in [2.75, 3.05) is 0 Å².